The molecule has 0 saturated carbocycles. The molecule has 0 saturated heterocycles. The molecule has 0 bridgehead atoms. The zero-order valence-corrected chi connectivity index (χ0v) is 11.4. The Morgan fingerprint density at radius 2 is 1.86 bits per heavy atom. The maximum absolute atomic E-state index is 12.4. The maximum Gasteiger partial charge on any atom is 0.291 e. The Morgan fingerprint density at radius 1 is 1.19 bits per heavy atom. The van der Waals surface area contributed by atoms with E-state index in [0.717, 1.165) is 12.0 Å². The van der Waals surface area contributed by atoms with Gasteiger partial charge in [-0.3, -0.25) is 19.7 Å². The number of ketones is 1. The molecule has 0 aliphatic carbocycles. The van der Waals surface area contributed by atoms with Gasteiger partial charge in [0.2, 0.25) is 0 Å². The highest BCUT2D eigenvalue weighted by Gasteiger charge is 2.24. The van der Waals surface area contributed by atoms with E-state index in [-0.39, 0.29) is 11.1 Å². The van der Waals surface area contributed by atoms with Crippen molar-refractivity contribution in [3.63, 3.8) is 0 Å². The predicted octanol–water partition coefficient (Wildman–Crippen LogP) is 3.20. The first-order valence-corrected chi connectivity index (χ1v) is 6.44. The van der Waals surface area contributed by atoms with Gasteiger partial charge in [-0.25, -0.2) is 0 Å². The summed E-state index contributed by atoms with van der Waals surface area (Å²) in [4.78, 5) is 33.8. The lowest BCUT2D eigenvalue weighted by Crippen LogP contribution is -2.07. The molecule has 0 heterocycles. The third kappa shape index (κ3) is 2.86. The molecular formula is C16H13NO4. The van der Waals surface area contributed by atoms with Crippen LogP contribution >= 0.6 is 0 Å². The molecule has 0 fully saturated rings. The number of aryl methyl sites for hydroxylation is 1. The molecular weight excluding hydrogens is 270 g/mol. The number of carbonyl (C=O) groups is 2. The van der Waals surface area contributed by atoms with E-state index in [4.69, 9.17) is 0 Å². The summed E-state index contributed by atoms with van der Waals surface area (Å²) in [6.45, 7) is 2.00. The zero-order valence-electron chi connectivity index (χ0n) is 11.4. The minimum atomic E-state index is -0.697. The van der Waals surface area contributed by atoms with Gasteiger partial charge in [-0.2, -0.15) is 0 Å². The molecule has 0 N–H and O–H groups in total. The van der Waals surface area contributed by atoms with Gasteiger partial charge in [0.05, 0.1) is 10.5 Å². The van der Waals surface area contributed by atoms with Crippen LogP contribution in [-0.2, 0) is 6.42 Å². The molecule has 106 valence electrons. The molecule has 21 heavy (non-hydrogen) atoms. The van der Waals surface area contributed by atoms with Crippen LogP contribution in [-0.4, -0.2) is 17.0 Å². The molecule has 5 nitrogen and oxygen atoms in total. The summed E-state index contributed by atoms with van der Waals surface area (Å²) in [5.74, 6) is -0.465. The Balaban J connectivity index is 2.52. The van der Waals surface area contributed by atoms with E-state index in [9.17, 15) is 19.7 Å². The third-order valence-electron chi connectivity index (χ3n) is 3.25. The SMILES string of the molecule is CCc1ccc(C(=O)c2cccc(C=O)c2[N+](=O)[O-])cc1. The van der Waals surface area contributed by atoms with Crippen LogP contribution in [0.2, 0.25) is 0 Å². The van der Waals surface area contributed by atoms with Crippen molar-refractivity contribution in [1.29, 1.82) is 0 Å². The van der Waals surface area contributed by atoms with Crippen molar-refractivity contribution in [3.05, 3.63) is 74.8 Å². The fourth-order valence-electron chi connectivity index (χ4n) is 2.09. The first kappa shape index (κ1) is 14.6. The fourth-order valence-corrected chi connectivity index (χ4v) is 2.09. The average Bonchev–Trinajstić information content (AvgIpc) is 2.53. The van der Waals surface area contributed by atoms with Crippen molar-refractivity contribution in [3.8, 4) is 0 Å². The summed E-state index contributed by atoms with van der Waals surface area (Å²) in [5, 5.41) is 11.1. The Hall–Kier alpha value is -2.82. The third-order valence-corrected chi connectivity index (χ3v) is 3.25. The number of para-hydroxylation sites is 1. The summed E-state index contributed by atoms with van der Waals surface area (Å²) in [6.07, 6.45) is 1.23. The van der Waals surface area contributed by atoms with Gasteiger partial charge < -0.3 is 0 Å². The molecule has 5 heteroatoms. The minimum absolute atomic E-state index is 0.0751. The van der Waals surface area contributed by atoms with E-state index in [1.165, 1.54) is 18.2 Å². The number of nitro groups is 1. The molecule has 0 amide bonds. The number of nitrogens with zero attached hydrogens (tertiary/aromatic N) is 1. The smallest absolute Gasteiger partial charge is 0.291 e. The number of rotatable bonds is 5. The average molecular weight is 283 g/mol. The Labute approximate surface area is 121 Å². The molecule has 2 aromatic carbocycles. The van der Waals surface area contributed by atoms with Gasteiger partial charge in [-0.1, -0.05) is 37.3 Å². The lowest BCUT2D eigenvalue weighted by Gasteiger charge is -2.05. The zero-order chi connectivity index (χ0) is 15.4. The molecule has 0 aromatic heterocycles. The van der Waals surface area contributed by atoms with Crippen molar-refractivity contribution in [2.45, 2.75) is 13.3 Å². The van der Waals surface area contributed by atoms with E-state index in [0.29, 0.717) is 11.8 Å². The van der Waals surface area contributed by atoms with Crippen LogP contribution in [0.5, 0.6) is 0 Å². The molecule has 2 aromatic rings. The molecule has 0 atom stereocenters. The number of aldehydes is 1. The number of carbonyl (C=O) groups excluding carboxylic acids is 2. The second-order valence-electron chi connectivity index (χ2n) is 4.50. The van der Waals surface area contributed by atoms with Gasteiger partial charge in [0, 0.05) is 5.56 Å². The largest absolute Gasteiger partial charge is 0.298 e. The second-order valence-corrected chi connectivity index (χ2v) is 4.50. The number of hydrogen-bond acceptors (Lipinski definition) is 4. The summed E-state index contributed by atoms with van der Waals surface area (Å²) in [5.41, 5.74) is 0.808. The second kappa shape index (κ2) is 6.09. The van der Waals surface area contributed by atoms with Crippen LogP contribution in [0.25, 0.3) is 0 Å². The van der Waals surface area contributed by atoms with Crippen molar-refractivity contribution in [2.24, 2.45) is 0 Å². The summed E-state index contributed by atoms with van der Waals surface area (Å²) >= 11 is 0. The molecule has 0 aliphatic rings. The van der Waals surface area contributed by atoms with Crippen molar-refractivity contribution >= 4 is 17.8 Å². The van der Waals surface area contributed by atoms with E-state index in [1.54, 1.807) is 12.1 Å². The van der Waals surface area contributed by atoms with Gasteiger partial charge in [0.1, 0.15) is 5.56 Å². The van der Waals surface area contributed by atoms with Crippen LogP contribution in [0, 0.1) is 10.1 Å². The van der Waals surface area contributed by atoms with Crippen LogP contribution in [0.1, 0.15) is 38.8 Å². The topological polar surface area (TPSA) is 77.3 Å². The maximum atomic E-state index is 12.4. The van der Waals surface area contributed by atoms with Crippen molar-refractivity contribution < 1.29 is 14.5 Å². The highest BCUT2D eigenvalue weighted by molar-refractivity contribution is 6.12. The van der Waals surface area contributed by atoms with E-state index in [1.807, 2.05) is 19.1 Å². The molecule has 2 rings (SSSR count). The van der Waals surface area contributed by atoms with Gasteiger partial charge in [-0.05, 0) is 24.1 Å². The monoisotopic (exact) mass is 283 g/mol. The van der Waals surface area contributed by atoms with E-state index in [2.05, 4.69) is 0 Å². The number of hydrogen-bond donors (Lipinski definition) is 0. The number of benzene rings is 2. The summed E-state index contributed by atoms with van der Waals surface area (Å²) in [7, 11) is 0. The lowest BCUT2D eigenvalue weighted by molar-refractivity contribution is -0.385. The summed E-state index contributed by atoms with van der Waals surface area (Å²) < 4.78 is 0. The highest BCUT2D eigenvalue weighted by Crippen LogP contribution is 2.25. The van der Waals surface area contributed by atoms with Crippen LogP contribution < -0.4 is 0 Å². The number of nitro benzene ring substituents is 1. The first-order valence-electron chi connectivity index (χ1n) is 6.44. The predicted molar refractivity (Wildman–Crippen MR) is 77.7 cm³/mol. The standard InChI is InChI=1S/C16H13NO4/c1-2-11-6-8-12(9-7-11)16(19)14-5-3-4-13(10-18)15(14)17(20)21/h3-10H,2H2,1H3. The molecule has 0 spiro atoms. The van der Waals surface area contributed by atoms with E-state index >= 15 is 0 Å². The summed E-state index contributed by atoms with van der Waals surface area (Å²) in [6, 6.07) is 11.0. The molecule has 0 aliphatic heterocycles. The fraction of sp³-hybridized carbons (Fsp3) is 0.125. The van der Waals surface area contributed by atoms with Crippen LogP contribution in [0.4, 0.5) is 5.69 Å². The van der Waals surface area contributed by atoms with Crippen molar-refractivity contribution in [1.82, 2.24) is 0 Å². The first-order chi connectivity index (χ1) is 10.1. The Bertz CT molecular complexity index is 705. The van der Waals surface area contributed by atoms with E-state index < -0.39 is 16.4 Å². The Kier molecular flexibility index (Phi) is 4.23. The highest BCUT2D eigenvalue weighted by atomic mass is 16.6. The van der Waals surface area contributed by atoms with Crippen LogP contribution in [0.3, 0.4) is 0 Å². The minimum Gasteiger partial charge on any atom is -0.298 e. The van der Waals surface area contributed by atoms with Crippen LogP contribution in [0.15, 0.2) is 42.5 Å². The van der Waals surface area contributed by atoms with Gasteiger partial charge >= 0.3 is 0 Å². The quantitative estimate of drug-likeness (QED) is 0.365. The van der Waals surface area contributed by atoms with Crippen molar-refractivity contribution in [2.75, 3.05) is 0 Å². The Morgan fingerprint density at radius 3 is 2.38 bits per heavy atom. The normalized spacial score (nSPS) is 10.1. The van der Waals surface area contributed by atoms with Gasteiger partial charge in [0.25, 0.3) is 5.69 Å². The molecule has 0 radical (unpaired) electrons. The van der Waals surface area contributed by atoms with Gasteiger partial charge in [-0.15, -0.1) is 0 Å². The molecule has 0 unspecified atom stereocenters. The van der Waals surface area contributed by atoms with Gasteiger partial charge in [0.15, 0.2) is 12.1 Å². The lowest BCUT2D eigenvalue weighted by atomic mass is 9.98.